The minimum atomic E-state index is -1.40. The van der Waals surface area contributed by atoms with Crippen LogP contribution in [-0.4, -0.2) is 29.8 Å². The number of carbonyl (C=O) groups excluding carboxylic acids is 2. The van der Waals surface area contributed by atoms with E-state index in [1.54, 1.807) is 12.1 Å². The summed E-state index contributed by atoms with van der Waals surface area (Å²) in [6, 6.07) is 7.87. The Morgan fingerprint density at radius 2 is 2.00 bits per heavy atom. The van der Waals surface area contributed by atoms with Gasteiger partial charge in [0.1, 0.15) is 6.61 Å². The minimum absolute atomic E-state index is 0.0619. The van der Waals surface area contributed by atoms with Gasteiger partial charge in [-0.25, -0.2) is 4.79 Å². The maximum atomic E-state index is 11.4. The lowest BCUT2D eigenvalue weighted by atomic mass is 10.1. The Labute approximate surface area is 111 Å². The van der Waals surface area contributed by atoms with Crippen LogP contribution in [0.1, 0.15) is 18.4 Å². The van der Waals surface area contributed by atoms with Crippen molar-refractivity contribution in [1.29, 1.82) is 0 Å². The van der Waals surface area contributed by atoms with Gasteiger partial charge in [-0.15, -0.1) is 0 Å². The largest absolute Gasteiger partial charge is 0.548 e. The molecule has 0 saturated carbocycles. The van der Waals surface area contributed by atoms with Crippen LogP contribution in [0.4, 0.5) is 4.79 Å². The number of nitrogens with one attached hydrogen (secondary N) is 1. The van der Waals surface area contributed by atoms with Crippen molar-refractivity contribution in [3.63, 3.8) is 0 Å². The number of carbonyl (C=O) groups is 2. The van der Waals surface area contributed by atoms with E-state index in [1.165, 1.54) is 0 Å². The first kappa shape index (κ1) is 15.0. The predicted molar refractivity (Wildman–Crippen MR) is 64.9 cm³/mol. The first-order valence-corrected chi connectivity index (χ1v) is 5.92. The monoisotopic (exact) mass is 266 g/mol. The zero-order chi connectivity index (χ0) is 14.1. The highest BCUT2D eigenvalue weighted by Gasteiger charge is 2.13. The van der Waals surface area contributed by atoms with E-state index in [9.17, 15) is 14.7 Å². The molecule has 1 aromatic rings. The summed E-state index contributed by atoms with van der Waals surface area (Å²) in [5, 5.41) is 21.6. The number of aliphatic hydroxyl groups is 1. The number of aliphatic carboxylic acids is 1. The Balaban J connectivity index is 2.38. The number of carboxylic acids is 1. The van der Waals surface area contributed by atoms with Crippen LogP contribution in [0, 0.1) is 0 Å². The van der Waals surface area contributed by atoms with Gasteiger partial charge < -0.3 is 25.1 Å². The predicted octanol–water partition coefficient (Wildman–Crippen LogP) is -0.196. The van der Waals surface area contributed by atoms with Crippen molar-refractivity contribution >= 4 is 12.1 Å². The molecule has 6 nitrogen and oxygen atoms in total. The van der Waals surface area contributed by atoms with Gasteiger partial charge in [-0.05, 0) is 18.4 Å². The van der Waals surface area contributed by atoms with Gasteiger partial charge in [-0.1, -0.05) is 30.3 Å². The van der Waals surface area contributed by atoms with E-state index >= 15 is 0 Å². The molecule has 0 bridgehead atoms. The van der Waals surface area contributed by atoms with E-state index in [0.717, 1.165) is 5.56 Å². The van der Waals surface area contributed by atoms with Crippen molar-refractivity contribution in [1.82, 2.24) is 5.32 Å². The topological polar surface area (TPSA) is 98.7 Å². The molecule has 1 rings (SSSR count). The number of alkyl carbamates (subject to hydrolysis) is 1. The van der Waals surface area contributed by atoms with Crippen molar-refractivity contribution in [2.75, 3.05) is 6.61 Å². The van der Waals surface area contributed by atoms with Crippen molar-refractivity contribution in [2.24, 2.45) is 0 Å². The second kappa shape index (κ2) is 8.10. The lowest BCUT2D eigenvalue weighted by Gasteiger charge is -2.18. The highest BCUT2D eigenvalue weighted by atomic mass is 16.5. The molecular weight excluding hydrogens is 250 g/mol. The van der Waals surface area contributed by atoms with E-state index in [2.05, 4.69) is 5.32 Å². The fourth-order valence-electron chi connectivity index (χ4n) is 1.45. The first-order chi connectivity index (χ1) is 9.13. The molecule has 0 aromatic heterocycles. The quantitative estimate of drug-likeness (QED) is 0.712. The SMILES string of the molecule is O=C(N[C@@H](CCCO)C(=O)[O-])OCc1ccccc1. The van der Waals surface area contributed by atoms with Crippen LogP contribution in [0.2, 0.25) is 0 Å². The number of hydrogen-bond acceptors (Lipinski definition) is 5. The second-order valence-electron chi connectivity index (χ2n) is 3.94. The molecule has 1 amide bonds. The van der Waals surface area contributed by atoms with Gasteiger partial charge in [0.2, 0.25) is 0 Å². The van der Waals surface area contributed by atoms with Gasteiger partial charge >= 0.3 is 6.09 Å². The summed E-state index contributed by atoms with van der Waals surface area (Å²) >= 11 is 0. The van der Waals surface area contributed by atoms with Crippen molar-refractivity contribution in [3.8, 4) is 0 Å². The van der Waals surface area contributed by atoms with Gasteiger partial charge in [0.25, 0.3) is 0 Å². The number of rotatable bonds is 7. The molecular formula is C13H16NO5-. The summed E-state index contributed by atoms with van der Waals surface area (Å²) in [5.41, 5.74) is 0.804. The van der Waals surface area contributed by atoms with Crippen molar-refractivity contribution in [2.45, 2.75) is 25.5 Å². The van der Waals surface area contributed by atoms with E-state index < -0.39 is 18.1 Å². The lowest BCUT2D eigenvalue weighted by molar-refractivity contribution is -0.308. The summed E-state index contributed by atoms with van der Waals surface area (Å²) in [6.07, 6.45) is -0.465. The van der Waals surface area contributed by atoms with E-state index in [-0.39, 0.29) is 26.1 Å². The summed E-state index contributed by atoms with van der Waals surface area (Å²) in [5.74, 6) is -1.40. The first-order valence-electron chi connectivity index (χ1n) is 5.92. The molecule has 104 valence electrons. The molecule has 0 aliphatic carbocycles. The number of benzene rings is 1. The molecule has 19 heavy (non-hydrogen) atoms. The molecule has 1 atom stereocenters. The van der Waals surface area contributed by atoms with Crippen LogP contribution >= 0.6 is 0 Å². The normalized spacial score (nSPS) is 11.6. The van der Waals surface area contributed by atoms with Gasteiger partial charge in [-0.3, -0.25) is 0 Å². The molecule has 0 fully saturated rings. The van der Waals surface area contributed by atoms with Crippen LogP contribution in [0.3, 0.4) is 0 Å². The van der Waals surface area contributed by atoms with E-state index in [0.29, 0.717) is 0 Å². The summed E-state index contributed by atoms with van der Waals surface area (Å²) in [7, 11) is 0. The molecule has 1 aromatic carbocycles. The van der Waals surface area contributed by atoms with Crippen LogP contribution < -0.4 is 10.4 Å². The second-order valence-corrected chi connectivity index (χ2v) is 3.94. The van der Waals surface area contributed by atoms with E-state index in [4.69, 9.17) is 9.84 Å². The minimum Gasteiger partial charge on any atom is -0.548 e. The van der Waals surface area contributed by atoms with Gasteiger partial charge in [0.15, 0.2) is 0 Å². The van der Waals surface area contributed by atoms with E-state index in [1.807, 2.05) is 18.2 Å². The average Bonchev–Trinajstić information content (AvgIpc) is 2.42. The number of hydrogen-bond donors (Lipinski definition) is 2. The Hall–Kier alpha value is -2.08. The Bertz CT molecular complexity index is 407. The lowest BCUT2D eigenvalue weighted by Crippen LogP contribution is -2.48. The molecule has 0 spiro atoms. The highest BCUT2D eigenvalue weighted by molar-refractivity contribution is 5.78. The Kier molecular flexibility index (Phi) is 6.38. The molecule has 0 saturated heterocycles. The van der Waals surface area contributed by atoms with Crippen LogP contribution in [0.25, 0.3) is 0 Å². The standard InChI is InChI=1S/C13H17NO5/c15-8-4-7-11(12(16)17)14-13(18)19-9-10-5-2-1-3-6-10/h1-3,5-6,11,15H,4,7-9H2,(H,14,18)(H,16,17)/p-1/t11-/m0/s1. The maximum Gasteiger partial charge on any atom is 0.407 e. The third-order valence-corrected chi connectivity index (χ3v) is 2.44. The van der Waals surface area contributed by atoms with Gasteiger partial charge in [0.05, 0.1) is 12.0 Å². The molecule has 0 radical (unpaired) electrons. The smallest absolute Gasteiger partial charge is 0.407 e. The molecule has 0 aliphatic heterocycles. The fourth-order valence-corrected chi connectivity index (χ4v) is 1.45. The molecule has 2 N–H and O–H groups in total. The number of ether oxygens (including phenoxy) is 1. The van der Waals surface area contributed by atoms with Gasteiger partial charge in [0, 0.05) is 6.61 Å². The number of aliphatic hydroxyl groups excluding tert-OH is 1. The fraction of sp³-hybridized carbons (Fsp3) is 0.385. The number of carboxylic acid groups (broad SMARTS) is 1. The Morgan fingerprint density at radius 1 is 1.32 bits per heavy atom. The average molecular weight is 266 g/mol. The third kappa shape index (κ3) is 5.87. The summed E-state index contributed by atoms with van der Waals surface area (Å²) in [4.78, 5) is 22.2. The molecule has 0 heterocycles. The molecule has 0 aliphatic rings. The van der Waals surface area contributed by atoms with Crippen LogP contribution in [0.5, 0.6) is 0 Å². The van der Waals surface area contributed by atoms with Crippen molar-refractivity contribution in [3.05, 3.63) is 35.9 Å². The van der Waals surface area contributed by atoms with Crippen molar-refractivity contribution < 1.29 is 24.5 Å². The zero-order valence-corrected chi connectivity index (χ0v) is 10.4. The number of amides is 1. The summed E-state index contributed by atoms with van der Waals surface area (Å²) < 4.78 is 4.89. The summed E-state index contributed by atoms with van der Waals surface area (Å²) in [6.45, 7) is -0.0863. The zero-order valence-electron chi connectivity index (χ0n) is 10.4. The van der Waals surface area contributed by atoms with Gasteiger partial charge in [-0.2, -0.15) is 0 Å². The maximum absolute atomic E-state index is 11.4. The van der Waals surface area contributed by atoms with Crippen LogP contribution in [-0.2, 0) is 16.1 Å². The third-order valence-electron chi connectivity index (χ3n) is 2.44. The van der Waals surface area contributed by atoms with Crippen LogP contribution in [0.15, 0.2) is 30.3 Å². The highest BCUT2D eigenvalue weighted by Crippen LogP contribution is 2.02. The Morgan fingerprint density at radius 3 is 2.58 bits per heavy atom. The molecule has 6 heteroatoms. The molecule has 0 unspecified atom stereocenters.